The molecule has 2 rings (SSSR count). The number of aryl methyl sites for hydroxylation is 1. The van der Waals surface area contributed by atoms with Gasteiger partial charge < -0.3 is 19.6 Å². The number of para-hydroxylation sites is 1. The van der Waals surface area contributed by atoms with Gasteiger partial charge in [-0.1, -0.05) is 18.2 Å². The fourth-order valence-corrected chi connectivity index (χ4v) is 1.60. The summed E-state index contributed by atoms with van der Waals surface area (Å²) < 4.78 is 10.8. The standard InChI is InChI=1S/C14H14N2O4/c1-11-7-8-13(14(15-11)16(17)18)20-10-9-19-12-5-3-2-4-6-12/h2-8H,9-10H2,1H3. The predicted molar refractivity (Wildman–Crippen MR) is 73.1 cm³/mol. The fourth-order valence-electron chi connectivity index (χ4n) is 1.60. The van der Waals surface area contributed by atoms with E-state index in [4.69, 9.17) is 9.47 Å². The largest absolute Gasteiger partial charge is 0.490 e. The third-order valence-corrected chi connectivity index (χ3v) is 2.50. The second kappa shape index (κ2) is 6.51. The van der Waals surface area contributed by atoms with E-state index in [-0.39, 0.29) is 18.2 Å². The SMILES string of the molecule is Cc1ccc(OCCOc2ccccc2)c([N+](=O)[O-])n1. The molecule has 20 heavy (non-hydrogen) atoms. The Bertz CT molecular complexity index is 587. The lowest BCUT2D eigenvalue weighted by atomic mass is 10.3. The number of hydrogen-bond acceptors (Lipinski definition) is 5. The number of rotatable bonds is 6. The molecule has 2 aromatic rings. The van der Waals surface area contributed by atoms with E-state index >= 15 is 0 Å². The Hall–Kier alpha value is -2.63. The molecule has 0 unspecified atom stereocenters. The zero-order valence-electron chi connectivity index (χ0n) is 11.0. The van der Waals surface area contributed by atoms with Crippen molar-refractivity contribution in [3.63, 3.8) is 0 Å². The first-order valence-electron chi connectivity index (χ1n) is 6.09. The summed E-state index contributed by atoms with van der Waals surface area (Å²) in [5.74, 6) is 0.606. The van der Waals surface area contributed by atoms with Crippen molar-refractivity contribution in [3.8, 4) is 11.5 Å². The van der Waals surface area contributed by atoms with Gasteiger partial charge in [-0.05, 0) is 34.2 Å². The van der Waals surface area contributed by atoms with Gasteiger partial charge in [0.2, 0.25) is 5.75 Å². The second-order valence-electron chi connectivity index (χ2n) is 4.04. The summed E-state index contributed by atoms with van der Waals surface area (Å²) in [7, 11) is 0. The summed E-state index contributed by atoms with van der Waals surface area (Å²) in [6, 6.07) is 12.5. The van der Waals surface area contributed by atoms with Gasteiger partial charge in [0.1, 0.15) is 24.7 Å². The van der Waals surface area contributed by atoms with Crippen molar-refractivity contribution < 1.29 is 14.4 Å². The molecule has 6 nitrogen and oxygen atoms in total. The highest BCUT2D eigenvalue weighted by Crippen LogP contribution is 2.24. The first-order valence-corrected chi connectivity index (χ1v) is 6.09. The van der Waals surface area contributed by atoms with E-state index in [1.165, 1.54) is 0 Å². The van der Waals surface area contributed by atoms with Gasteiger partial charge in [0.25, 0.3) is 0 Å². The number of ether oxygens (including phenoxy) is 2. The van der Waals surface area contributed by atoms with E-state index in [1.54, 1.807) is 19.1 Å². The lowest BCUT2D eigenvalue weighted by Crippen LogP contribution is -2.10. The van der Waals surface area contributed by atoms with Crippen molar-refractivity contribution in [2.75, 3.05) is 13.2 Å². The molecule has 0 saturated heterocycles. The molecule has 0 radical (unpaired) electrons. The third-order valence-electron chi connectivity index (χ3n) is 2.50. The van der Waals surface area contributed by atoms with Crippen LogP contribution in [-0.2, 0) is 0 Å². The summed E-state index contributed by atoms with van der Waals surface area (Å²) in [6.07, 6.45) is 0. The van der Waals surface area contributed by atoms with E-state index < -0.39 is 4.92 Å². The molecule has 0 spiro atoms. The minimum atomic E-state index is -0.555. The van der Waals surface area contributed by atoms with Crippen LogP contribution in [-0.4, -0.2) is 23.1 Å². The van der Waals surface area contributed by atoms with Gasteiger partial charge in [0.05, 0.1) is 0 Å². The number of pyridine rings is 1. The predicted octanol–water partition coefficient (Wildman–Crippen LogP) is 2.76. The van der Waals surface area contributed by atoms with Crippen LogP contribution in [0.15, 0.2) is 42.5 Å². The zero-order valence-corrected chi connectivity index (χ0v) is 11.0. The highest BCUT2D eigenvalue weighted by molar-refractivity contribution is 5.40. The summed E-state index contributed by atoms with van der Waals surface area (Å²) in [5, 5.41) is 10.9. The summed E-state index contributed by atoms with van der Waals surface area (Å²) in [4.78, 5) is 14.1. The van der Waals surface area contributed by atoms with Crippen LogP contribution in [0.3, 0.4) is 0 Å². The maximum atomic E-state index is 10.9. The Morgan fingerprint density at radius 3 is 2.50 bits per heavy atom. The maximum absolute atomic E-state index is 10.9. The molecular weight excluding hydrogens is 260 g/mol. The van der Waals surface area contributed by atoms with Crippen LogP contribution in [0.1, 0.15) is 5.69 Å². The van der Waals surface area contributed by atoms with Crippen molar-refractivity contribution in [1.82, 2.24) is 4.98 Å². The molecule has 1 aromatic carbocycles. The fraction of sp³-hybridized carbons (Fsp3) is 0.214. The molecule has 0 atom stereocenters. The smallest absolute Gasteiger partial charge is 0.406 e. The van der Waals surface area contributed by atoms with E-state index in [0.717, 1.165) is 5.75 Å². The van der Waals surface area contributed by atoms with Gasteiger partial charge in [-0.2, -0.15) is 0 Å². The number of hydrogen-bond donors (Lipinski definition) is 0. The van der Waals surface area contributed by atoms with Crippen LogP contribution < -0.4 is 9.47 Å². The summed E-state index contributed by atoms with van der Waals surface area (Å²) >= 11 is 0. The van der Waals surface area contributed by atoms with E-state index in [2.05, 4.69) is 4.98 Å². The lowest BCUT2D eigenvalue weighted by molar-refractivity contribution is -0.390. The highest BCUT2D eigenvalue weighted by Gasteiger charge is 2.17. The van der Waals surface area contributed by atoms with Crippen molar-refractivity contribution in [2.45, 2.75) is 6.92 Å². The molecule has 0 amide bonds. The number of nitrogens with zero attached hydrogens (tertiary/aromatic N) is 2. The Morgan fingerprint density at radius 2 is 1.80 bits per heavy atom. The molecule has 1 aromatic heterocycles. The molecular formula is C14H14N2O4. The van der Waals surface area contributed by atoms with Gasteiger partial charge >= 0.3 is 5.82 Å². The van der Waals surface area contributed by atoms with Gasteiger partial charge in [-0.3, -0.25) is 0 Å². The van der Waals surface area contributed by atoms with Crippen molar-refractivity contribution >= 4 is 5.82 Å². The van der Waals surface area contributed by atoms with Crippen molar-refractivity contribution in [3.05, 3.63) is 58.3 Å². The quantitative estimate of drug-likeness (QED) is 0.460. The third kappa shape index (κ3) is 3.68. The monoisotopic (exact) mass is 274 g/mol. The van der Waals surface area contributed by atoms with E-state index in [0.29, 0.717) is 12.3 Å². The molecule has 0 N–H and O–H groups in total. The van der Waals surface area contributed by atoms with Crippen molar-refractivity contribution in [1.29, 1.82) is 0 Å². The topological polar surface area (TPSA) is 74.5 Å². The van der Waals surface area contributed by atoms with Crippen LogP contribution in [0.25, 0.3) is 0 Å². The van der Waals surface area contributed by atoms with E-state index in [9.17, 15) is 10.1 Å². The van der Waals surface area contributed by atoms with Gasteiger partial charge in [0.15, 0.2) is 0 Å². The van der Waals surface area contributed by atoms with Crippen LogP contribution in [0.2, 0.25) is 0 Å². The number of benzene rings is 1. The molecule has 0 saturated carbocycles. The van der Waals surface area contributed by atoms with Crippen LogP contribution in [0.5, 0.6) is 11.5 Å². The molecule has 0 bridgehead atoms. The Morgan fingerprint density at radius 1 is 1.10 bits per heavy atom. The molecule has 6 heteroatoms. The van der Waals surface area contributed by atoms with Gasteiger partial charge in [0, 0.05) is 6.92 Å². The van der Waals surface area contributed by atoms with Crippen molar-refractivity contribution in [2.24, 2.45) is 0 Å². The first kappa shape index (κ1) is 13.8. The van der Waals surface area contributed by atoms with Gasteiger partial charge in [-0.15, -0.1) is 0 Å². The molecule has 0 aliphatic carbocycles. The minimum absolute atomic E-state index is 0.150. The molecule has 0 aliphatic rings. The summed E-state index contributed by atoms with van der Waals surface area (Å²) in [5.41, 5.74) is 0.574. The molecule has 0 fully saturated rings. The van der Waals surface area contributed by atoms with Crippen LogP contribution in [0, 0.1) is 17.0 Å². The molecule has 1 heterocycles. The Balaban J connectivity index is 1.90. The number of nitro groups is 1. The Kier molecular flexibility index (Phi) is 4.49. The first-order chi connectivity index (χ1) is 9.66. The molecule has 104 valence electrons. The maximum Gasteiger partial charge on any atom is 0.406 e. The second-order valence-corrected chi connectivity index (χ2v) is 4.04. The van der Waals surface area contributed by atoms with Gasteiger partial charge in [-0.25, -0.2) is 0 Å². The zero-order chi connectivity index (χ0) is 14.4. The highest BCUT2D eigenvalue weighted by atomic mass is 16.6. The summed E-state index contributed by atoms with van der Waals surface area (Å²) in [6.45, 7) is 2.20. The average molecular weight is 274 g/mol. The number of aromatic nitrogens is 1. The average Bonchev–Trinajstić information content (AvgIpc) is 2.45. The van der Waals surface area contributed by atoms with Crippen LogP contribution >= 0.6 is 0 Å². The minimum Gasteiger partial charge on any atom is -0.490 e. The lowest BCUT2D eigenvalue weighted by Gasteiger charge is -2.08. The molecule has 0 aliphatic heterocycles. The van der Waals surface area contributed by atoms with E-state index in [1.807, 2.05) is 30.3 Å². The Labute approximate surface area is 116 Å². The van der Waals surface area contributed by atoms with Crippen LogP contribution in [0.4, 0.5) is 5.82 Å². The normalized spacial score (nSPS) is 10.1.